The molecule has 1 heterocycles. The van der Waals surface area contributed by atoms with E-state index in [1.807, 2.05) is 48.0 Å². The van der Waals surface area contributed by atoms with Gasteiger partial charge in [0.25, 0.3) is 5.91 Å². The van der Waals surface area contributed by atoms with Gasteiger partial charge in [-0.25, -0.2) is 0 Å². The van der Waals surface area contributed by atoms with Gasteiger partial charge in [-0.2, -0.15) is 0 Å². The van der Waals surface area contributed by atoms with Crippen LogP contribution < -0.4 is 9.47 Å². The van der Waals surface area contributed by atoms with Crippen LogP contribution in [0.2, 0.25) is 0 Å². The number of thiocarbonyl (C=S) groups is 1. The Morgan fingerprint density at radius 2 is 1.90 bits per heavy atom. The number of nitrogens with zero attached hydrogens (tertiary/aromatic N) is 2. The maximum atomic E-state index is 13.2. The lowest BCUT2D eigenvalue weighted by Crippen LogP contribution is -2.41. The van der Waals surface area contributed by atoms with Crippen molar-refractivity contribution in [3.63, 3.8) is 0 Å². The molecule has 158 valence electrons. The molecule has 3 rings (SSSR count). The quantitative estimate of drug-likeness (QED) is 0.469. The van der Waals surface area contributed by atoms with Crippen molar-refractivity contribution in [3.05, 3.63) is 29.5 Å². The van der Waals surface area contributed by atoms with Crippen LogP contribution in [-0.4, -0.2) is 47.1 Å². The number of hydrogen-bond acceptors (Lipinski definition) is 4. The van der Waals surface area contributed by atoms with Gasteiger partial charge in [-0.15, -0.1) is 0 Å². The van der Waals surface area contributed by atoms with E-state index in [9.17, 15) is 4.79 Å². The third-order valence-corrected chi connectivity index (χ3v) is 5.85. The van der Waals surface area contributed by atoms with Crippen LogP contribution in [0.1, 0.15) is 58.4 Å². The van der Waals surface area contributed by atoms with E-state index in [4.69, 9.17) is 21.7 Å². The molecule has 1 aromatic carbocycles. The zero-order valence-electron chi connectivity index (χ0n) is 17.9. The van der Waals surface area contributed by atoms with Gasteiger partial charge in [0.1, 0.15) is 5.70 Å². The van der Waals surface area contributed by atoms with Gasteiger partial charge in [0, 0.05) is 13.1 Å². The topological polar surface area (TPSA) is 42.0 Å². The standard InChI is InChI=1S/C23H32N2O3S/c1-5-27-21-14-17(11-12-20(21)28-15-16(2)3)13-19-22(26)25(23(29)24(19)4)18-9-7-6-8-10-18/h11-14,16,18H,5-10,15H2,1-4H3/b19-13-. The Bertz CT molecular complexity index is 784. The molecular weight excluding hydrogens is 384 g/mol. The van der Waals surface area contributed by atoms with Gasteiger partial charge in [-0.05, 0) is 61.7 Å². The molecule has 1 saturated carbocycles. The fraction of sp³-hybridized carbons (Fsp3) is 0.565. The van der Waals surface area contributed by atoms with Crippen molar-refractivity contribution in [3.8, 4) is 11.5 Å². The Labute approximate surface area is 179 Å². The molecular formula is C23H32N2O3S. The lowest BCUT2D eigenvalue weighted by atomic mass is 9.94. The van der Waals surface area contributed by atoms with Crippen LogP contribution in [0.15, 0.2) is 23.9 Å². The fourth-order valence-electron chi connectivity index (χ4n) is 3.85. The molecule has 1 aromatic rings. The van der Waals surface area contributed by atoms with Crippen molar-refractivity contribution in [1.82, 2.24) is 9.80 Å². The number of carbonyl (C=O) groups is 1. The smallest absolute Gasteiger partial charge is 0.277 e. The number of hydrogen-bond donors (Lipinski definition) is 0. The fourth-order valence-corrected chi connectivity index (χ4v) is 4.18. The minimum absolute atomic E-state index is 0.00231. The van der Waals surface area contributed by atoms with Crippen LogP contribution in [0.4, 0.5) is 0 Å². The lowest BCUT2D eigenvalue weighted by Gasteiger charge is -2.30. The normalized spacial score (nSPS) is 19.6. The number of carbonyl (C=O) groups excluding carboxylic acids is 1. The second-order valence-electron chi connectivity index (χ2n) is 8.18. The molecule has 0 unspecified atom stereocenters. The van der Waals surface area contributed by atoms with E-state index in [1.54, 1.807) is 0 Å². The minimum atomic E-state index is 0.00231. The Kier molecular flexibility index (Phi) is 7.17. The zero-order chi connectivity index (χ0) is 21.0. The average Bonchev–Trinajstić information content (AvgIpc) is 2.91. The van der Waals surface area contributed by atoms with Crippen LogP contribution in [0.25, 0.3) is 6.08 Å². The SMILES string of the molecule is CCOc1cc(/C=C2/C(=O)N(C3CCCCC3)C(=S)N2C)ccc1OCC(C)C. The molecule has 0 aromatic heterocycles. The first-order valence-electron chi connectivity index (χ1n) is 10.6. The first-order valence-corrected chi connectivity index (χ1v) is 11.1. The summed E-state index contributed by atoms with van der Waals surface area (Å²) >= 11 is 5.61. The maximum absolute atomic E-state index is 13.2. The maximum Gasteiger partial charge on any atom is 0.277 e. The Morgan fingerprint density at radius 3 is 2.55 bits per heavy atom. The van der Waals surface area contributed by atoms with Crippen LogP contribution in [0.3, 0.4) is 0 Å². The van der Waals surface area contributed by atoms with Gasteiger partial charge in [0.05, 0.1) is 13.2 Å². The molecule has 1 saturated heterocycles. The van der Waals surface area contributed by atoms with Crippen LogP contribution in [-0.2, 0) is 4.79 Å². The van der Waals surface area contributed by atoms with Gasteiger partial charge in [-0.3, -0.25) is 9.69 Å². The van der Waals surface area contributed by atoms with E-state index in [0.29, 0.717) is 35.7 Å². The summed E-state index contributed by atoms with van der Waals surface area (Å²) in [4.78, 5) is 16.8. The predicted octanol–water partition coefficient (Wildman–Crippen LogP) is 4.85. The summed E-state index contributed by atoms with van der Waals surface area (Å²) in [5, 5.41) is 0.607. The summed E-state index contributed by atoms with van der Waals surface area (Å²) in [7, 11) is 1.87. The highest BCUT2D eigenvalue weighted by atomic mass is 32.1. The summed E-state index contributed by atoms with van der Waals surface area (Å²) in [6, 6.07) is 6.03. The largest absolute Gasteiger partial charge is 0.490 e. The third kappa shape index (κ3) is 4.92. The first-order chi connectivity index (χ1) is 13.9. The molecule has 1 amide bonds. The van der Waals surface area contributed by atoms with E-state index in [0.717, 1.165) is 37.0 Å². The van der Waals surface area contributed by atoms with Gasteiger partial charge < -0.3 is 14.4 Å². The Morgan fingerprint density at radius 1 is 1.17 bits per heavy atom. The molecule has 0 spiro atoms. The zero-order valence-corrected chi connectivity index (χ0v) is 18.8. The summed E-state index contributed by atoms with van der Waals surface area (Å²) in [6.45, 7) is 7.36. The van der Waals surface area contributed by atoms with Crippen molar-refractivity contribution < 1.29 is 14.3 Å². The summed E-state index contributed by atoms with van der Waals surface area (Å²) in [5.41, 5.74) is 1.51. The number of ether oxygens (including phenoxy) is 2. The molecule has 2 fully saturated rings. The van der Waals surface area contributed by atoms with Gasteiger partial charge in [0.2, 0.25) is 0 Å². The number of likely N-dealkylation sites (N-methyl/N-ethyl adjacent to an activating group) is 1. The molecule has 0 bridgehead atoms. The predicted molar refractivity (Wildman–Crippen MR) is 120 cm³/mol. The summed E-state index contributed by atoms with van der Waals surface area (Å²) in [5.74, 6) is 1.86. The third-order valence-electron chi connectivity index (χ3n) is 5.38. The molecule has 0 atom stereocenters. The van der Waals surface area contributed by atoms with Crippen molar-refractivity contribution in [2.45, 2.75) is 58.9 Å². The molecule has 0 N–H and O–H groups in total. The summed E-state index contributed by atoms with van der Waals surface area (Å²) < 4.78 is 11.7. The molecule has 2 aliphatic rings. The first kappa shape index (κ1) is 21.6. The molecule has 29 heavy (non-hydrogen) atoms. The average molecular weight is 417 g/mol. The van der Waals surface area contributed by atoms with E-state index < -0.39 is 0 Å². The second kappa shape index (κ2) is 9.61. The molecule has 6 heteroatoms. The second-order valence-corrected chi connectivity index (χ2v) is 8.55. The summed E-state index contributed by atoms with van der Waals surface area (Å²) in [6.07, 6.45) is 7.53. The lowest BCUT2D eigenvalue weighted by molar-refractivity contribution is -0.124. The number of amides is 1. The Balaban J connectivity index is 1.85. The van der Waals surface area contributed by atoms with Crippen molar-refractivity contribution >= 4 is 29.3 Å². The van der Waals surface area contributed by atoms with E-state index in [-0.39, 0.29) is 11.9 Å². The molecule has 5 nitrogen and oxygen atoms in total. The van der Waals surface area contributed by atoms with E-state index in [1.165, 1.54) is 6.42 Å². The Hall–Kier alpha value is -2.08. The van der Waals surface area contributed by atoms with Gasteiger partial charge >= 0.3 is 0 Å². The molecule has 0 radical (unpaired) electrons. The van der Waals surface area contributed by atoms with E-state index in [2.05, 4.69) is 13.8 Å². The highest BCUT2D eigenvalue weighted by Crippen LogP contribution is 2.33. The van der Waals surface area contributed by atoms with Crippen molar-refractivity contribution in [2.24, 2.45) is 5.92 Å². The van der Waals surface area contributed by atoms with E-state index >= 15 is 0 Å². The molecule has 1 aliphatic carbocycles. The van der Waals surface area contributed by atoms with Crippen LogP contribution in [0, 0.1) is 5.92 Å². The van der Waals surface area contributed by atoms with Crippen molar-refractivity contribution in [2.75, 3.05) is 20.3 Å². The van der Waals surface area contributed by atoms with Crippen LogP contribution >= 0.6 is 12.2 Å². The van der Waals surface area contributed by atoms with Crippen LogP contribution in [0.5, 0.6) is 11.5 Å². The molecule has 1 aliphatic heterocycles. The highest BCUT2D eigenvalue weighted by Gasteiger charge is 2.40. The number of rotatable bonds is 7. The number of benzene rings is 1. The van der Waals surface area contributed by atoms with Gasteiger partial charge in [0.15, 0.2) is 16.6 Å². The van der Waals surface area contributed by atoms with Gasteiger partial charge in [-0.1, -0.05) is 39.2 Å². The highest BCUT2D eigenvalue weighted by molar-refractivity contribution is 7.80. The van der Waals surface area contributed by atoms with Crippen molar-refractivity contribution in [1.29, 1.82) is 0 Å². The monoisotopic (exact) mass is 416 g/mol. The minimum Gasteiger partial charge on any atom is -0.490 e.